The Hall–Kier alpha value is -0.750. The summed E-state index contributed by atoms with van der Waals surface area (Å²) in [4.78, 5) is 0. The van der Waals surface area contributed by atoms with E-state index in [-0.39, 0.29) is 0 Å². The summed E-state index contributed by atoms with van der Waals surface area (Å²) in [6.45, 7) is 1.92. The van der Waals surface area contributed by atoms with Gasteiger partial charge in [-0.2, -0.15) is 5.10 Å². The topological polar surface area (TPSA) is 43.6 Å². The highest BCUT2D eigenvalue weighted by molar-refractivity contribution is 9.10. The summed E-state index contributed by atoms with van der Waals surface area (Å²) in [5.41, 5.74) is 0. The van der Waals surface area contributed by atoms with Gasteiger partial charge in [-0.3, -0.25) is 0 Å². The van der Waals surface area contributed by atoms with Gasteiger partial charge in [0.2, 0.25) is 5.13 Å². The molecule has 0 aliphatic rings. The summed E-state index contributed by atoms with van der Waals surface area (Å²) >= 11 is 4.82. The maximum Gasteiger partial charge on any atom is 0.232 e. The van der Waals surface area contributed by atoms with Gasteiger partial charge in [-0.25, -0.2) is 4.68 Å². The van der Waals surface area contributed by atoms with E-state index in [1.54, 1.807) is 10.9 Å². The van der Waals surface area contributed by atoms with Crippen LogP contribution in [0, 0.1) is 6.92 Å². The zero-order valence-electron chi connectivity index (χ0n) is 6.23. The molecule has 0 aliphatic heterocycles. The SMILES string of the molecule is Cc1nnc(-n2cc(Br)cn2)s1. The first-order valence-electron chi connectivity index (χ1n) is 3.26. The van der Waals surface area contributed by atoms with E-state index in [9.17, 15) is 0 Å². The lowest BCUT2D eigenvalue weighted by Gasteiger charge is -1.88. The Morgan fingerprint density at radius 2 is 2.33 bits per heavy atom. The summed E-state index contributed by atoms with van der Waals surface area (Å²) in [6, 6.07) is 0. The van der Waals surface area contributed by atoms with Gasteiger partial charge >= 0.3 is 0 Å². The van der Waals surface area contributed by atoms with Crippen LogP contribution in [0.3, 0.4) is 0 Å². The highest BCUT2D eigenvalue weighted by Crippen LogP contribution is 2.15. The average molecular weight is 245 g/mol. The lowest BCUT2D eigenvalue weighted by Crippen LogP contribution is -1.92. The molecule has 0 bridgehead atoms. The molecule has 0 radical (unpaired) electrons. The summed E-state index contributed by atoms with van der Waals surface area (Å²) in [5.74, 6) is 0. The number of nitrogens with zero attached hydrogens (tertiary/aromatic N) is 4. The Kier molecular flexibility index (Phi) is 1.93. The molecule has 0 unspecified atom stereocenters. The van der Waals surface area contributed by atoms with Crippen molar-refractivity contribution in [2.45, 2.75) is 6.92 Å². The van der Waals surface area contributed by atoms with Crippen molar-refractivity contribution in [2.24, 2.45) is 0 Å². The first-order chi connectivity index (χ1) is 5.75. The monoisotopic (exact) mass is 244 g/mol. The number of aromatic nitrogens is 4. The van der Waals surface area contributed by atoms with Crippen LogP contribution >= 0.6 is 27.3 Å². The van der Waals surface area contributed by atoms with Crippen LogP contribution in [0.4, 0.5) is 0 Å². The van der Waals surface area contributed by atoms with Crippen molar-refractivity contribution in [2.75, 3.05) is 0 Å². The summed E-state index contributed by atoms with van der Waals surface area (Å²) in [6.07, 6.45) is 3.57. The molecule has 0 N–H and O–H groups in total. The van der Waals surface area contributed by atoms with Crippen molar-refractivity contribution < 1.29 is 0 Å². The minimum Gasteiger partial charge on any atom is -0.211 e. The molecule has 12 heavy (non-hydrogen) atoms. The number of hydrogen-bond donors (Lipinski definition) is 0. The van der Waals surface area contributed by atoms with Crippen LogP contribution in [-0.2, 0) is 0 Å². The van der Waals surface area contributed by atoms with E-state index in [1.807, 2.05) is 13.1 Å². The zero-order chi connectivity index (χ0) is 8.55. The molecule has 2 rings (SSSR count). The minimum absolute atomic E-state index is 0.790. The van der Waals surface area contributed by atoms with Gasteiger partial charge in [-0.15, -0.1) is 10.2 Å². The van der Waals surface area contributed by atoms with Gasteiger partial charge in [-0.05, 0) is 22.9 Å². The van der Waals surface area contributed by atoms with Crippen LogP contribution in [0.1, 0.15) is 5.01 Å². The van der Waals surface area contributed by atoms with E-state index in [4.69, 9.17) is 0 Å². The lowest BCUT2D eigenvalue weighted by atomic mass is 10.7. The van der Waals surface area contributed by atoms with E-state index < -0.39 is 0 Å². The molecular weight excluding hydrogens is 240 g/mol. The third-order valence-corrected chi connectivity index (χ3v) is 2.50. The molecule has 4 nitrogen and oxygen atoms in total. The Morgan fingerprint density at radius 1 is 1.50 bits per heavy atom. The van der Waals surface area contributed by atoms with Crippen LogP contribution in [0.25, 0.3) is 5.13 Å². The van der Waals surface area contributed by atoms with Crippen molar-refractivity contribution >= 4 is 27.3 Å². The number of hydrogen-bond acceptors (Lipinski definition) is 4. The summed E-state index contributed by atoms with van der Waals surface area (Å²) in [5, 5.41) is 13.7. The fourth-order valence-electron chi connectivity index (χ4n) is 0.784. The molecule has 0 atom stereocenters. The largest absolute Gasteiger partial charge is 0.232 e. The molecule has 2 aromatic rings. The van der Waals surface area contributed by atoms with Crippen LogP contribution in [0.2, 0.25) is 0 Å². The van der Waals surface area contributed by atoms with Gasteiger partial charge in [0.25, 0.3) is 0 Å². The minimum atomic E-state index is 0.790. The van der Waals surface area contributed by atoms with Gasteiger partial charge in [0, 0.05) is 6.20 Å². The average Bonchev–Trinajstić information content (AvgIpc) is 2.58. The molecule has 0 aromatic carbocycles. The van der Waals surface area contributed by atoms with E-state index in [2.05, 4.69) is 31.2 Å². The second-order valence-electron chi connectivity index (χ2n) is 2.21. The molecule has 62 valence electrons. The molecule has 0 amide bonds. The predicted molar refractivity (Wildman–Crippen MR) is 49.5 cm³/mol. The normalized spacial score (nSPS) is 10.5. The number of rotatable bonds is 1. The fourth-order valence-corrected chi connectivity index (χ4v) is 1.69. The fraction of sp³-hybridized carbons (Fsp3) is 0.167. The van der Waals surface area contributed by atoms with E-state index in [1.165, 1.54) is 11.3 Å². The van der Waals surface area contributed by atoms with Gasteiger partial charge in [0.1, 0.15) is 5.01 Å². The molecule has 0 spiro atoms. The van der Waals surface area contributed by atoms with Gasteiger partial charge in [-0.1, -0.05) is 11.3 Å². The highest BCUT2D eigenvalue weighted by Gasteiger charge is 2.03. The molecule has 6 heteroatoms. The Labute approximate surface area is 81.4 Å². The maximum absolute atomic E-state index is 4.08. The quantitative estimate of drug-likeness (QED) is 0.769. The second-order valence-corrected chi connectivity index (χ2v) is 4.28. The highest BCUT2D eigenvalue weighted by atomic mass is 79.9. The summed E-state index contributed by atoms with van der Waals surface area (Å²) < 4.78 is 2.63. The standard InChI is InChI=1S/C6H5BrN4S/c1-4-9-10-6(12-4)11-3-5(7)2-8-11/h2-3H,1H3. The molecular formula is C6H5BrN4S. The van der Waals surface area contributed by atoms with E-state index in [0.717, 1.165) is 14.6 Å². The van der Waals surface area contributed by atoms with Crippen molar-refractivity contribution in [3.63, 3.8) is 0 Å². The molecule has 0 aliphatic carbocycles. The molecule has 0 saturated heterocycles. The van der Waals surface area contributed by atoms with Crippen LogP contribution in [0.15, 0.2) is 16.9 Å². The van der Waals surface area contributed by atoms with Crippen molar-refractivity contribution in [1.29, 1.82) is 0 Å². The first-order valence-corrected chi connectivity index (χ1v) is 4.87. The number of aryl methyl sites for hydroxylation is 1. The molecule has 2 aromatic heterocycles. The van der Waals surface area contributed by atoms with Crippen LogP contribution in [-0.4, -0.2) is 20.0 Å². The maximum atomic E-state index is 4.08. The van der Waals surface area contributed by atoms with Gasteiger partial charge < -0.3 is 0 Å². The second kappa shape index (κ2) is 2.95. The van der Waals surface area contributed by atoms with Crippen LogP contribution < -0.4 is 0 Å². The predicted octanol–water partition coefficient (Wildman–Crippen LogP) is 1.79. The third-order valence-electron chi connectivity index (χ3n) is 1.26. The Morgan fingerprint density at radius 3 is 2.83 bits per heavy atom. The van der Waals surface area contributed by atoms with E-state index in [0.29, 0.717) is 0 Å². The molecule has 0 saturated carbocycles. The Bertz CT molecular complexity index is 355. The smallest absolute Gasteiger partial charge is 0.211 e. The van der Waals surface area contributed by atoms with Crippen molar-refractivity contribution in [3.8, 4) is 5.13 Å². The first kappa shape index (κ1) is 7.88. The lowest BCUT2D eigenvalue weighted by molar-refractivity contribution is 0.843. The third kappa shape index (κ3) is 1.39. The Balaban J connectivity index is 2.43. The van der Waals surface area contributed by atoms with Gasteiger partial charge in [0.05, 0.1) is 10.7 Å². The molecule has 2 heterocycles. The van der Waals surface area contributed by atoms with Gasteiger partial charge in [0.15, 0.2) is 0 Å². The summed E-state index contributed by atoms with van der Waals surface area (Å²) in [7, 11) is 0. The van der Waals surface area contributed by atoms with E-state index >= 15 is 0 Å². The van der Waals surface area contributed by atoms with Crippen molar-refractivity contribution in [3.05, 3.63) is 21.9 Å². The van der Waals surface area contributed by atoms with Crippen molar-refractivity contribution in [1.82, 2.24) is 20.0 Å². The van der Waals surface area contributed by atoms with Crippen LogP contribution in [0.5, 0.6) is 0 Å². The number of halogens is 1. The zero-order valence-corrected chi connectivity index (χ0v) is 8.63. The molecule has 0 fully saturated rings.